The van der Waals surface area contributed by atoms with E-state index in [2.05, 4.69) is 16.0 Å². The van der Waals surface area contributed by atoms with Crippen LogP contribution >= 0.6 is 0 Å². The lowest BCUT2D eigenvalue weighted by Gasteiger charge is -2.19. The molecule has 0 heterocycles. The van der Waals surface area contributed by atoms with Crippen LogP contribution in [-0.4, -0.2) is 35.8 Å². The first kappa shape index (κ1) is 26.6. The Bertz CT molecular complexity index is 1010. The van der Waals surface area contributed by atoms with E-state index in [1.165, 1.54) is 0 Å². The van der Waals surface area contributed by atoms with Crippen molar-refractivity contribution in [3.8, 4) is 0 Å². The van der Waals surface area contributed by atoms with Gasteiger partial charge in [0.2, 0.25) is 11.8 Å². The summed E-state index contributed by atoms with van der Waals surface area (Å²) in [7, 11) is 0. The van der Waals surface area contributed by atoms with Crippen LogP contribution in [0.25, 0.3) is 0 Å². The summed E-state index contributed by atoms with van der Waals surface area (Å²) in [5.41, 5.74) is 2.35. The van der Waals surface area contributed by atoms with Gasteiger partial charge in [-0.1, -0.05) is 48.0 Å². The normalized spacial score (nSPS) is 10.8. The Morgan fingerprint density at radius 3 is 2.18 bits per heavy atom. The van der Waals surface area contributed by atoms with Gasteiger partial charge in [-0.3, -0.25) is 14.4 Å². The highest BCUT2D eigenvalue weighted by Gasteiger charge is 2.16. The van der Waals surface area contributed by atoms with Gasteiger partial charge in [0.25, 0.3) is 0 Å². The molecule has 0 aliphatic heterocycles. The molecule has 2 aromatic carbocycles. The molecule has 0 fully saturated rings. The van der Waals surface area contributed by atoms with Crippen LogP contribution in [0.5, 0.6) is 0 Å². The fraction of sp³-hybridized carbons (Fsp3) is 0.385. The Morgan fingerprint density at radius 1 is 0.824 bits per heavy atom. The molecule has 8 nitrogen and oxygen atoms in total. The number of anilines is 1. The van der Waals surface area contributed by atoms with Crippen LogP contribution in [0.15, 0.2) is 48.5 Å². The number of para-hydroxylation sites is 1. The van der Waals surface area contributed by atoms with E-state index in [9.17, 15) is 19.2 Å². The third kappa shape index (κ3) is 9.85. The highest BCUT2D eigenvalue weighted by Crippen LogP contribution is 2.15. The molecule has 3 N–H and O–H groups in total. The fourth-order valence-electron chi connectivity index (χ4n) is 2.99. The predicted molar refractivity (Wildman–Crippen MR) is 131 cm³/mol. The number of benzene rings is 2. The summed E-state index contributed by atoms with van der Waals surface area (Å²) in [4.78, 5) is 48.4. The standard InChI is InChI=1S/C26H33N3O5/c1-18-9-11-19(12-10-18)22(30)13-14-23(31)28-17-20-7-5-6-8-21(20)29-24(32)15-16-27-25(33)34-26(2,3)4/h5-12H,13-17H2,1-4H3,(H,27,33)(H,28,31)(H,29,32). The van der Waals surface area contributed by atoms with Crippen molar-refractivity contribution < 1.29 is 23.9 Å². The van der Waals surface area contributed by atoms with Crippen molar-refractivity contribution in [1.29, 1.82) is 0 Å². The maximum atomic E-state index is 12.3. The summed E-state index contributed by atoms with van der Waals surface area (Å²) >= 11 is 0. The van der Waals surface area contributed by atoms with E-state index in [0.29, 0.717) is 11.3 Å². The number of ketones is 1. The van der Waals surface area contributed by atoms with Crippen molar-refractivity contribution >= 4 is 29.4 Å². The van der Waals surface area contributed by atoms with E-state index < -0.39 is 11.7 Å². The molecule has 2 rings (SSSR count). The molecule has 2 aromatic rings. The van der Waals surface area contributed by atoms with Crippen LogP contribution in [0, 0.1) is 6.92 Å². The highest BCUT2D eigenvalue weighted by atomic mass is 16.6. The van der Waals surface area contributed by atoms with Gasteiger partial charge >= 0.3 is 6.09 Å². The van der Waals surface area contributed by atoms with E-state index in [1.807, 2.05) is 25.1 Å². The number of hydrogen-bond donors (Lipinski definition) is 3. The average molecular weight is 468 g/mol. The second-order valence-electron chi connectivity index (χ2n) is 8.95. The Balaban J connectivity index is 1.78. The molecule has 0 aliphatic rings. The number of Topliss-reactive ketones (excluding diaryl/α,β-unsaturated/α-hetero) is 1. The molecule has 0 bridgehead atoms. The zero-order valence-electron chi connectivity index (χ0n) is 20.2. The van der Waals surface area contributed by atoms with E-state index in [1.54, 1.807) is 51.1 Å². The second kappa shape index (κ2) is 12.5. The Labute approximate surface area is 200 Å². The molecule has 0 aliphatic carbocycles. The molecule has 0 saturated carbocycles. The maximum absolute atomic E-state index is 12.3. The van der Waals surface area contributed by atoms with Crippen LogP contribution in [0.2, 0.25) is 0 Å². The lowest BCUT2D eigenvalue weighted by atomic mass is 10.0. The second-order valence-corrected chi connectivity index (χ2v) is 8.95. The summed E-state index contributed by atoms with van der Waals surface area (Å²) in [6, 6.07) is 14.4. The monoisotopic (exact) mass is 467 g/mol. The Kier molecular flexibility index (Phi) is 9.79. The number of alkyl carbamates (subject to hydrolysis) is 1. The van der Waals surface area contributed by atoms with Crippen molar-refractivity contribution in [2.75, 3.05) is 11.9 Å². The van der Waals surface area contributed by atoms with Gasteiger partial charge in [0.05, 0.1) is 0 Å². The summed E-state index contributed by atoms with van der Waals surface area (Å²) < 4.78 is 5.13. The average Bonchev–Trinajstić information content (AvgIpc) is 2.76. The number of carbonyl (C=O) groups is 4. The topological polar surface area (TPSA) is 114 Å². The molecule has 182 valence electrons. The number of rotatable bonds is 10. The van der Waals surface area contributed by atoms with Gasteiger partial charge < -0.3 is 20.7 Å². The van der Waals surface area contributed by atoms with Gasteiger partial charge in [-0.25, -0.2) is 4.79 Å². The minimum atomic E-state index is -0.607. The quantitative estimate of drug-likeness (QED) is 0.455. The number of aryl methyl sites for hydroxylation is 1. The first-order chi connectivity index (χ1) is 16.0. The molecule has 3 amide bonds. The maximum Gasteiger partial charge on any atom is 0.407 e. The molecular weight excluding hydrogens is 434 g/mol. The third-order valence-electron chi connectivity index (χ3n) is 4.74. The number of carbonyl (C=O) groups excluding carboxylic acids is 4. The molecule has 0 unspecified atom stereocenters. The lowest BCUT2D eigenvalue weighted by Crippen LogP contribution is -2.34. The first-order valence-corrected chi connectivity index (χ1v) is 11.2. The highest BCUT2D eigenvalue weighted by molar-refractivity contribution is 5.98. The summed E-state index contributed by atoms with van der Waals surface area (Å²) in [6.45, 7) is 7.58. The largest absolute Gasteiger partial charge is 0.444 e. The zero-order valence-corrected chi connectivity index (χ0v) is 20.2. The molecule has 0 atom stereocenters. The van der Waals surface area contributed by atoms with Crippen LogP contribution in [-0.2, 0) is 20.9 Å². The van der Waals surface area contributed by atoms with Gasteiger partial charge in [0.15, 0.2) is 5.78 Å². The number of nitrogens with one attached hydrogen (secondary N) is 3. The van der Waals surface area contributed by atoms with Crippen LogP contribution in [0.4, 0.5) is 10.5 Å². The zero-order chi connectivity index (χ0) is 25.1. The molecular formula is C26H33N3O5. The van der Waals surface area contributed by atoms with Crippen molar-refractivity contribution in [2.24, 2.45) is 0 Å². The minimum Gasteiger partial charge on any atom is -0.444 e. The van der Waals surface area contributed by atoms with Crippen LogP contribution < -0.4 is 16.0 Å². The van der Waals surface area contributed by atoms with Gasteiger partial charge in [-0.2, -0.15) is 0 Å². The minimum absolute atomic E-state index is 0.0705. The van der Waals surface area contributed by atoms with Gasteiger partial charge in [0.1, 0.15) is 5.60 Å². The predicted octanol–water partition coefficient (Wildman–Crippen LogP) is 4.13. The fourth-order valence-corrected chi connectivity index (χ4v) is 2.99. The Hall–Kier alpha value is -3.68. The number of hydrogen-bond acceptors (Lipinski definition) is 5. The summed E-state index contributed by atoms with van der Waals surface area (Å²) in [6.07, 6.45) is -0.305. The van der Waals surface area contributed by atoms with Crippen LogP contribution in [0.3, 0.4) is 0 Å². The lowest BCUT2D eigenvalue weighted by molar-refractivity contribution is -0.121. The molecule has 0 saturated heterocycles. The number of ether oxygens (including phenoxy) is 1. The SMILES string of the molecule is Cc1ccc(C(=O)CCC(=O)NCc2ccccc2NC(=O)CCNC(=O)OC(C)(C)C)cc1. The van der Waals surface area contributed by atoms with Crippen molar-refractivity contribution in [3.05, 3.63) is 65.2 Å². The molecule has 0 spiro atoms. The third-order valence-corrected chi connectivity index (χ3v) is 4.74. The molecule has 0 radical (unpaired) electrons. The summed E-state index contributed by atoms with van der Waals surface area (Å²) in [5, 5.41) is 8.13. The van der Waals surface area contributed by atoms with E-state index in [-0.39, 0.29) is 49.9 Å². The summed E-state index contributed by atoms with van der Waals surface area (Å²) in [5.74, 6) is -0.607. The van der Waals surface area contributed by atoms with Gasteiger partial charge in [0, 0.05) is 43.6 Å². The van der Waals surface area contributed by atoms with Crippen molar-refractivity contribution in [1.82, 2.24) is 10.6 Å². The van der Waals surface area contributed by atoms with E-state index in [4.69, 9.17) is 4.74 Å². The van der Waals surface area contributed by atoms with Crippen molar-refractivity contribution in [2.45, 2.75) is 59.1 Å². The van der Waals surface area contributed by atoms with Gasteiger partial charge in [-0.15, -0.1) is 0 Å². The first-order valence-electron chi connectivity index (χ1n) is 11.2. The van der Waals surface area contributed by atoms with Crippen LogP contribution in [0.1, 0.15) is 61.5 Å². The van der Waals surface area contributed by atoms with Gasteiger partial charge in [-0.05, 0) is 39.3 Å². The van der Waals surface area contributed by atoms with Crippen molar-refractivity contribution in [3.63, 3.8) is 0 Å². The smallest absolute Gasteiger partial charge is 0.407 e. The Morgan fingerprint density at radius 2 is 1.50 bits per heavy atom. The van der Waals surface area contributed by atoms with E-state index >= 15 is 0 Å². The molecule has 34 heavy (non-hydrogen) atoms. The molecule has 8 heteroatoms. The molecule has 0 aromatic heterocycles. The number of amides is 3. The van der Waals surface area contributed by atoms with E-state index in [0.717, 1.165) is 11.1 Å².